The van der Waals surface area contributed by atoms with Gasteiger partial charge in [-0.15, -0.1) is 0 Å². The van der Waals surface area contributed by atoms with E-state index >= 15 is 8.78 Å². The van der Waals surface area contributed by atoms with Crippen molar-refractivity contribution in [2.24, 2.45) is 0 Å². The molecule has 2 aromatic carbocycles. The van der Waals surface area contributed by atoms with E-state index in [9.17, 15) is 14.3 Å². The van der Waals surface area contributed by atoms with Crippen LogP contribution in [-0.4, -0.2) is 34.1 Å². The van der Waals surface area contributed by atoms with Gasteiger partial charge in [0.2, 0.25) is 0 Å². The number of halogens is 4. The molecule has 2 aliphatic rings. The van der Waals surface area contributed by atoms with Gasteiger partial charge in [0.05, 0.1) is 16.8 Å². The lowest BCUT2D eigenvalue weighted by Gasteiger charge is -2.42. The number of anilines is 1. The molecule has 4 nitrogen and oxygen atoms in total. The van der Waals surface area contributed by atoms with Gasteiger partial charge in [-0.3, -0.25) is 4.79 Å². The molecule has 0 saturated carbocycles. The zero-order valence-corrected chi connectivity index (χ0v) is 18.3. The Hall–Kier alpha value is -2.51. The van der Waals surface area contributed by atoms with Gasteiger partial charge in [-0.2, -0.15) is 8.78 Å². The van der Waals surface area contributed by atoms with E-state index < -0.39 is 23.8 Å². The van der Waals surface area contributed by atoms with Crippen LogP contribution in [0.3, 0.4) is 0 Å². The zero-order valence-electron chi connectivity index (χ0n) is 17.5. The number of hydrogen-bond donors (Lipinski definition) is 2. The van der Waals surface area contributed by atoms with Crippen molar-refractivity contribution in [2.75, 3.05) is 5.32 Å². The third kappa shape index (κ3) is 4.11. The van der Waals surface area contributed by atoms with Crippen LogP contribution in [-0.2, 0) is 5.92 Å². The van der Waals surface area contributed by atoms with E-state index in [1.165, 1.54) is 30.3 Å². The summed E-state index contributed by atoms with van der Waals surface area (Å²) in [5.41, 5.74) is 0.0290. The first-order chi connectivity index (χ1) is 15.1. The normalized spacial score (nSPS) is 22.7. The molecule has 1 amide bonds. The Balaban J connectivity index is 1.59. The minimum atomic E-state index is -3.39. The van der Waals surface area contributed by atoms with Crippen LogP contribution in [0, 0.1) is 12.7 Å². The maximum absolute atomic E-state index is 15.6. The van der Waals surface area contributed by atoms with E-state index in [0.717, 1.165) is 18.9 Å². The van der Waals surface area contributed by atoms with Crippen molar-refractivity contribution in [2.45, 2.75) is 56.7 Å². The first kappa shape index (κ1) is 22.7. The second-order valence-corrected chi connectivity index (χ2v) is 8.96. The number of aliphatic hydroxyl groups is 1. The highest BCUT2D eigenvalue weighted by molar-refractivity contribution is 6.31. The first-order valence-electron chi connectivity index (χ1n) is 10.5. The Morgan fingerprint density at radius 1 is 1.19 bits per heavy atom. The van der Waals surface area contributed by atoms with Crippen molar-refractivity contribution in [3.8, 4) is 0 Å². The number of aliphatic hydroxyl groups excluding tert-OH is 1. The van der Waals surface area contributed by atoms with Crippen molar-refractivity contribution in [1.82, 2.24) is 4.90 Å². The molecule has 0 radical (unpaired) electrons. The van der Waals surface area contributed by atoms with Gasteiger partial charge in [0.1, 0.15) is 5.82 Å². The Morgan fingerprint density at radius 2 is 1.84 bits per heavy atom. The predicted octanol–water partition coefficient (Wildman–Crippen LogP) is 5.63. The topological polar surface area (TPSA) is 52.6 Å². The number of carbonyl (C=O) groups excluding carboxylic acids is 1. The van der Waals surface area contributed by atoms with Gasteiger partial charge in [-0.05, 0) is 68.5 Å². The predicted molar refractivity (Wildman–Crippen MR) is 117 cm³/mol. The maximum Gasteiger partial charge on any atom is 0.312 e. The lowest BCUT2D eigenvalue weighted by Crippen LogP contribution is -2.47. The van der Waals surface area contributed by atoms with Gasteiger partial charge in [0.25, 0.3) is 5.91 Å². The smallest absolute Gasteiger partial charge is 0.312 e. The monoisotopic (exact) mass is 464 g/mol. The van der Waals surface area contributed by atoms with E-state index in [0.29, 0.717) is 18.4 Å². The van der Waals surface area contributed by atoms with Crippen molar-refractivity contribution >= 4 is 23.2 Å². The SMILES string of the molecule is C=C(N1[C@@H]2CC[C@H]1CC(O)C2)C(F)(F)c1cc(C(=O)Nc2ccc(F)c(Cl)c2)ccc1C. The molecule has 170 valence electrons. The van der Waals surface area contributed by atoms with Crippen LogP contribution in [0.1, 0.15) is 47.2 Å². The second kappa shape index (κ2) is 8.45. The maximum atomic E-state index is 15.6. The molecule has 4 rings (SSSR count). The van der Waals surface area contributed by atoms with Gasteiger partial charge in [0, 0.05) is 28.9 Å². The van der Waals surface area contributed by atoms with Crippen LogP contribution < -0.4 is 5.32 Å². The summed E-state index contributed by atoms with van der Waals surface area (Å²) >= 11 is 5.74. The molecule has 3 atom stereocenters. The van der Waals surface area contributed by atoms with E-state index in [-0.39, 0.29) is 39.6 Å². The molecule has 2 aliphatic heterocycles. The average Bonchev–Trinajstić information content (AvgIpc) is 3.00. The van der Waals surface area contributed by atoms with Crippen molar-refractivity contribution in [1.29, 1.82) is 0 Å². The molecule has 2 N–H and O–H groups in total. The number of amides is 1. The van der Waals surface area contributed by atoms with E-state index in [2.05, 4.69) is 11.9 Å². The molecular formula is C24H24ClF3N2O2. The summed E-state index contributed by atoms with van der Waals surface area (Å²) in [4.78, 5) is 14.3. The van der Waals surface area contributed by atoms with Gasteiger partial charge in [-0.25, -0.2) is 4.39 Å². The van der Waals surface area contributed by atoms with Crippen molar-refractivity contribution in [3.05, 3.63) is 76.2 Å². The Labute approximate surface area is 189 Å². The summed E-state index contributed by atoms with van der Waals surface area (Å²) in [6.07, 6.45) is 1.93. The lowest BCUT2D eigenvalue weighted by atomic mass is 9.93. The number of benzene rings is 2. The van der Waals surface area contributed by atoms with Crippen LogP contribution in [0.5, 0.6) is 0 Å². The highest BCUT2D eigenvalue weighted by Crippen LogP contribution is 2.46. The third-order valence-corrected chi connectivity index (χ3v) is 6.69. The van der Waals surface area contributed by atoms with Crippen molar-refractivity contribution < 1.29 is 23.1 Å². The lowest BCUT2D eigenvalue weighted by molar-refractivity contribution is -0.0262. The number of carbonyl (C=O) groups is 1. The summed E-state index contributed by atoms with van der Waals surface area (Å²) < 4.78 is 44.6. The summed E-state index contributed by atoms with van der Waals surface area (Å²) in [6.45, 7) is 5.30. The highest BCUT2D eigenvalue weighted by Gasteiger charge is 2.48. The second-order valence-electron chi connectivity index (χ2n) is 8.55. The zero-order chi connectivity index (χ0) is 23.2. The fourth-order valence-corrected chi connectivity index (χ4v) is 4.97. The van der Waals surface area contributed by atoms with Gasteiger partial charge in [-0.1, -0.05) is 24.2 Å². The fourth-order valence-electron chi connectivity index (χ4n) is 4.79. The molecule has 0 aromatic heterocycles. The molecule has 2 saturated heterocycles. The first-order valence-corrected chi connectivity index (χ1v) is 10.9. The van der Waals surface area contributed by atoms with E-state index in [1.807, 2.05) is 0 Å². The number of nitrogens with one attached hydrogen (secondary N) is 1. The molecule has 0 aliphatic carbocycles. The van der Waals surface area contributed by atoms with Crippen LogP contribution >= 0.6 is 11.6 Å². The molecule has 2 heterocycles. The Kier molecular flexibility index (Phi) is 5.98. The molecule has 1 unspecified atom stereocenters. The molecule has 2 bridgehead atoms. The summed E-state index contributed by atoms with van der Waals surface area (Å²) in [7, 11) is 0. The molecule has 32 heavy (non-hydrogen) atoms. The summed E-state index contributed by atoms with van der Waals surface area (Å²) in [5.74, 6) is -4.63. The standard InChI is InChI=1S/C24H24ClF3N2O2/c1-13-3-4-15(23(32)29-16-5-8-22(26)21(25)10-16)9-20(13)24(27,28)14(2)30-17-6-7-18(30)12-19(31)11-17/h3-5,8-10,17-19,31H,2,6-7,11-12H2,1H3,(H,29,32)/t17-,18+,19?. The minimum absolute atomic E-state index is 0.0376. The molecular weight excluding hydrogens is 441 g/mol. The Bertz CT molecular complexity index is 1060. The summed E-state index contributed by atoms with van der Waals surface area (Å²) in [6, 6.07) is 7.49. The van der Waals surface area contributed by atoms with Gasteiger partial charge in [0.15, 0.2) is 0 Å². The fraction of sp³-hybridized carbons (Fsp3) is 0.375. The number of fused-ring (bicyclic) bond motifs is 2. The van der Waals surface area contributed by atoms with Crippen LogP contribution in [0.15, 0.2) is 48.7 Å². The minimum Gasteiger partial charge on any atom is -0.393 e. The quantitative estimate of drug-likeness (QED) is 0.602. The van der Waals surface area contributed by atoms with Crippen LogP contribution in [0.2, 0.25) is 5.02 Å². The molecule has 8 heteroatoms. The number of hydrogen-bond acceptors (Lipinski definition) is 3. The van der Waals surface area contributed by atoms with Crippen LogP contribution in [0.25, 0.3) is 0 Å². The van der Waals surface area contributed by atoms with Gasteiger partial charge < -0.3 is 15.3 Å². The van der Waals surface area contributed by atoms with Crippen LogP contribution in [0.4, 0.5) is 18.9 Å². The third-order valence-electron chi connectivity index (χ3n) is 6.40. The number of nitrogens with zero attached hydrogens (tertiary/aromatic N) is 1. The number of rotatable bonds is 5. The number of alkyl halides is 2. The van der Waals surface area contributed by atoms with E-state index in [1.54, 1.807) is 11.8 Å². The molecule has 2 aromatic rings. The van der Waals surface area contributed by atoms with E-state index in [4.69, 9.17) is 11.6 Å². The van der Waals surface area contributed by atoms with Crippen molar-refractivity contribution in [3.63, 3.8) is 0 Å². The number of aryl methyl sites for hydroxylation is 1. The molecule has 0 spiro atoms. The largest absolute Gasteiger partial charge is 0.393 e. The summed E-state index contributed by atoms with van der Waals surface area (Å²) in [5, 5.41) is 12.4. The highest BCUT2D eigenvalue weighted by atomic mass is 35.5. The Morgan fingerprint density at radius 3 is 2.47 bits per heavy atom. The average molecular weight is 465 g/mol. The number of allylic oxidation sites excluding steroid dienone is 1. The van der Waals surface area contributed by atoms with Gasteiger partial charge >= 0.3 is 5.92 Å². The number of piperidine rings is 1. The molecule has 2 fully saturated rings.